The molecule has 0 fully saturated rings. The third-order valence-corrected chi connectivity index (χ3v) is 3.80. The minimum atomic E-state index is -0.206. The number of Topliss-reactive ketones (excluding diaryl/α,β-unsaturated/α-hetero) is 1. The summed E-state index contributed by atoms with van der Waals surface area (Å²) in [5.41, 5.74) is 1.70. The van der Waals surface area contributed by atoms with Gasteiger partial charge in [-0.1, -0.05) is 46.3 Å². The molecule has 2 aromatic rings. The largest absolute Gasteiger partial charge is 0.484 e. The Labute approximate surface area is 114 Å². The zero-order valence-electron chi connectivity index (χ0n) is 9.60. The number of para-hydroxylation sites is 1. The Kier molecular flexibility index (Phi) is 2.92. The summed E-state index contributed by atoms with van der Waals surface area (Å²) >= 11 is 3.50. The quantitative estimate of drug-likeness (QED) is 0.791. The highest BCUT2D eigenvalue weighted by molar-refractivity contribution is 9.10. The number of rotatable bonds is 1. The minimum Gasteiger partial charge on any atom is -0.484 e. The number of fused-ring (bicyclic) bond motifs is 1. The molecular weight excluding hydrogens is 292 g/mol. The van der Waals surface area contributed by atoms with Gasteiger partial charge in [0.25, 0.3) is 0 Å². The van der Waals surface area contributed by atoms with E-state index in [1.165, 1.54) is 0 Å². The van der Waals surface area contributed by atoms with Crippen LogP contribution >= 0.6 is 15.9 Å². The molecule has 0 bridgehead atoms. The third kappa shape index (κ3) is 1.95. The molecule has 0 aliphatic carbocycles. The fourth-order valence-electron chi connectivity index (χ4n) is 2.18. The average Bonchev–Trinajstić information content (AvgIpc) is 2.39. The van der Waals surface area contributed by atoms with Crippen LogP contribution in [-0.4, -0.2) is 5.78 Å². The van der Waals surface area contributed by atoms with Crippen LogP contribution in [0.5, 0.6) is 5.75 Å². The number of ether oxygens (including phenoxy) is 1. The van der Waals surface area contributed by atoms with E-state index in [0.717, 1.165) is 10.0 Å². The van der Waals surface area contributed by atoms with Gasteiger partial charge in [0.15, 0.2) is 5.78 Å². The molecule has 0 amide bonds. The van der Waals surface area contributed by atoms with Crippen LogP contribution in [0, 0.1) is 0 Å². The Hall–Kier alpha value is -1.61. The van der Waals surface area contributed by atoms with Crippen molar-refractivity contribution in [1.29, 1.82) is 0 Å². The van der Waals surface area contributed by atoms with Gasteiger partial charge in [-0.05, 0) is 18.2 Å². The maximum atomic E-state index is 12.1. The predicted molar refractivity (Wildman–Crippen MR) is 72.9 cm³/mol. The molecule has 0 saturated carbocycles. The van der Waals surface area contributed by atoms with Gasteiger partial charge in [0.1, 0.15) is 11.9 Å². The first kappa shape index (κ1) is 11.5. The molecule has 1 atom stereocenters. The van der Waals surface area contributed by atoms with Crippen molar-refractivity contribution >= 4 is 21.7 Å². The van der Waals surface area contributed by atoms with Gasteiger partial charge in [0.05, 0.1) is 12.0 Å². The van der Waals surface area contributed by atoms with E-state index < -0.39 is 0 Å². The Morgan fingerprint density at radius 1 is 1.06 bits per heavy atom. The lowest BCUT2D eigenvalue weighted by molar-refractivity contribution is 0.0849. The molecule has 0 saturated heterocycles. The zero-order valence-corrected chi connectivity index (χ0v) is 11.2. The summed E-state index contributed by atoms with van der Waals surface area (Å²) in [5, 5.41) is 0. The smallest absolute Gasteiger partial charge is 0.170 e. The van der Waals surface area contributed by atoms with Crippen molar-refractivity contribution in [1.82, 2.24) is 0 Å². The van der Waals surface area contributed by atoms with E-state index in [1.807, 2.05) is 48.5 Å². The first-order valence-electron chi connectivity index (χ1n) is 5.79. The molecule has 2 aromatic carbocycles. The zero-order chi connectivity index (χ0) is 12.5. The molecule has 0 N–H and O–H groups in total. The van der Waals surface area contributed by atoms with Crippen molar-refractivity contribution in [3.05, 3.63) is 64.1 Å². The van der Waals surface area contributed by atoms with Crippen LogP contribution in [0.25, 0.3) is 0 Å². The van der Waals surface area contributed by atoms with Crippen molar-refractivity contribution in [2.75, 3.05) is 0 Å². The van der Waals surface area contributed by atoms with Crippen molar-refractivity contribution < 1.29 is 9.53 Å². The Balaban J connectivity index is 2.00. The number of hydrogen-bond donors (Lipinski definition) is 0. The van der Waals surface area contributed by atoms with Crippen molar-refractivity contribution in [3.63, 3.8) is 0 Å². The second-order valence-electron chi connectivity index (χ2n) is 4.25. The van der Waals surface area contributed by atoms with Gasteiger partial charge in [0, 0.05) is 10.0 Å². The van der Waals surface area contributed by atoms with Gasteiger partial charge in [-0.25, -0.2) is 0 Å². The first-order chi connectivity index (χ1) is 8.75. The highest BCUT2D eigenvalue weighted by Gasteiger charge is 2.28. The van der Waals surface area contributed by atoms with Gasteiger partial charge in [-0.3, -0.25) is 4.79 Å². The van der Waals surface area contributed by atoms with Gasteiger partial charge >= 0.3 is 0 Å². The number of carbonyl (C=O) groups excluding carboxylic acids is 1. The standard InChI is InChI=1S/C15H11BrO2/c16-12-7-3-1-5-10(12)15-9-13(17)11-6-2-4-8-14(11)18-15/h1-8,15H,9H2. The number of hydrogen-bond acceptors (Lipinski definition) is 2. The topological polar surface area (TPSA) is 26.3 Å². The lowest BCUT2D eigenvalue weighted by Gasteiger charge is -2.26. The van der Waals surface area contributed by atoms with Crippen LogP contribution in [0.1, 0.15) is 28.4 Å². The van der Waals surface area contributed by atoms with Crippen molar-refractivity contribution in [2.24, 2.45) is 0 Å². The summed E-state index contributed by atoms with van der Waals surface area (Å²) in [6, 6.07) is 15.2. The van der Waals surface area contributed by atoms with E-state index in [0.29, 0.717) is 17.7 Å². The second-order valence-corrected chi connectivity index (χ2v) is 5.11. The molecular formula is C15H11BrO2. The lowest BCUT2D eigenvalue weighted by Crippen LogP contribution is -2.20. The summed E-state index contributed by atoms with van der Waals surface area (Å²) in [5.74, 6) is 0.812. The van der Waals surface area contributed by atoms with Gasteiger partial charge in [0.2, 0.25) is 0 Å². The van der Waals surface area contributed by atoms with Crippen molar-refractivity contribution in [3.8, 4) is 5.75 Å². The van der Waals surface area contributed by atoms with Crippen molar-refractivity contribution in [2.45, 2.75) is 12.5 Å². The van der Waals surface area contributed by atoms with E-state index in [-0.39, 0.29) is 11.9 Å². The van der Waals surface area contributed by atoms with Gasteiger partial charge < -0.3 is 4.74 Å². The van der Waals surface area contributed by atoms with Gasteiger partial charge in [-0.15, -0.1) is 0 Å². The maximum Gasteiger partial charge on any atom is 0.170 e. The third-order valence-electron chi connectivity index (χ3n) is 3.08. The van der Waals surface area contributed by atoms with Crippen LogP contribution in [-0.2, 0) is 0 Å². The predicted octanol–water partition coefficient (Wildman–Crippen LogP) is 4.16. The molecule has 1 aliphatic rings. The normalized spacial score (nSPS) is 18.1. The fraction of sp³-hybridized carbons (Fsp3) is 0.133. The summed E-state index contributed by atoms with van der Waals surface area (Å²) in [6.07, 6.45) is 0.183. The van der Waals surface area contributed by atoms with Crippen LogP contribution in [0.3, 0.4) is 0 Å². The SMILES string of the molecule is O=C1CC(c2ccccc2Br)Oc2ccccc21. The molecule has 18 heavy (non-hydrogen) atoms. The van der Waals surface area contributed by atoms with E-state index >= 15 is 0 Å². The molecule has 3 heteroatoms. The summed E-state index contributed by atoms with van der Waals surface area (Å²) < 4.78 is 6.89. The number of halogens is 1. The Morgan fingerprint density at radius 2 is 1.78 bits per heavy atom. The summed E-state index contributed by atoms with van der Waals surface area (Å²) in [6.45, 7) is 0. The number of carbonyl (C=O) groups is 1. The molecule has 0 radical (unpaired) electrons. The van der Waals surface area contributed by atoms with Crippen LogP contribution in [0.15, 0.2) is 53.0 Å². The van der Waals surface area contributed by atoms with Crippen LogP contribution in [0.4, 0.5) is 0 Å². The summed E-state index contributed by atoms with van der Waals surface area (Å²) in [7, 11) is 0. The molecule has 1 heterocycles. The maximum absolute atomic E-state index is 12.1. The molecule has 0 aromatic heterocycles. The van der Waals surface area contributed by atoms with Gasteiger partial charge in [-0.2, -0.15) is 0 Å². The number of ketones is 1. The molecule has 0 spiro atoms. The van der Waals surface area contributed by atoms with E-state index in [9.17, 15) is 4.79 Å². The minimum absolute atomic E-state index is 0.137. The number of benzene rings is 2. The highest BCUT2D eigenvalue weighted by atomic mass is 79.9. The van der Waals surface area contributed by atoms with Crippen LogP contribution in [0.2, 0.25) is 0 Å². The summed E-state index contributed by atoms with van der Waals surface area (Å²) in [4.78, 5) is 12.1. The molecule has 2 nitrogen and oxygen atoms in total. The van der Waals surface area contributed by atoms with E-state index in [1.54, 1.807) is 0 Å². The lowest BCUT2D eigenvalue weighted by atomic mass is 9.96. The Bertz CT molecular complexity index is 607. The average molecular weight is 303 g/mol. The fourth-order valence-corrected chi connectivity index (χ4v) is 2.72. The molecule has 90 valence electrons. The highest BCUT2D eigenvalue weighted by Crippen LogP contribution is 2.36. The van der Waals surface area contributed by atoms with E-state index in [4.69, 9.17) is 4.74 Å². The molecule has 3 rings (SSSR count). The molecule has 1 aliphatic heterocycles. The molecule has 1 unspecified atom stereocenters. The Morgan fingerprint density at radius 3 is 2.61 bits per heavy atom. The van der Waals surface area contributed by atoms with Crippen LogP contribution < -0.4 is 4.74 Å². The monoisotopic (exact) mass is 302 g/mol. The second kappa shape index (κ2) is 4.58. The first-order valence-corrected chi connectivity index (χ1v) is 6.58. The van der Waals surface area contributed by atoms with E-state index in [2.05, 4.69) is 15.9 Å².